The number of benzene rings is 9. The van der Waals surface area contributed by atoms with Crippen LogP contribution < -0.4 is 0 Å². The molecule has 342 valence electrons. The number of nitrogens with zero attached hydrogens (tertiary/aromatic N) is 6. The van der Waals surface area contributed by atoms with E-state index in [1.807, 2.05) is 72.9 Å². The molecule has 0 aliphatic heterocycles. The fraction of sp³-hybridized carbons (Fsp3) is 0.0606. The predicted octanol–water partition coefficient (Wildman–Crippen LogP) is 16.7. The molecule has 4 heterocycles. The van der Waals surface area contributed by atoms with E-state index in [0.717, 1.165) is 61.4 Å². The molecule has 4 aromatic heterocycles. The standard InChI is InChI=1S/C66H48N6/c1-41-32-42(2)35-50(34-41)47-25-28-59-54(38-47)52-20-11-13-22-57(52)71(59)61-30-27-49(66-69-64(45-16-7-5-8-17-45)68-65(70-66)46-18-9-6-10-19-46)40-56(61)63-62(24-15-31-67-63)72-58-23-14-12-21-53(58)55-39-48(26-29-60(55)72)51-36-43(3)33-44(4)37-51/h5-40H,1-4H3. The van der Waals surface area contributed by atoms with Crippen molar-refractivity contribution in [2.24, 2.45) is 0 Å². The van der Waals surface area contributed by atoms with Crippen molar-refractivity contribution in [2.75, 3.05) is 0 Å². The van der Waals surface area contributed by atoms with E-state index < -0.39 is 0 Å². The van der Waals surface area contributed by atoms with Gasteiger partial charge in [-0.2, -0.15) is 0 Å². The number of hydrogen-bond donors (Lipinski definition) is 0. The second-order valence-electron chi connectivity index (χ2n) is 19.1. The lowest BCUT2D eigenvalue weighted by atomic mass is 9.99. The van der Waals surface area contributed by atoms with Gasteiger partial charge in [-0.3, -0.25) is 4.98 Å². The van der Waals surface area contributed by atoms with Crippen LogP contribution >= 0.6 is 0 Å². The highest BCUT2D eigenvalue weighted by atomic mass is 15.0. The fourth-order valence-corrected chi connectivity index (χ4v) is 10.9. The minimum atomic E-state index is 0.573. The van der Waals surface area contributed by atoms with Crippen LogP contribution in [0, 0.1) is 27.7 Å². The van der Waals surface area contributed by atoms with E-state index in [9.17, 15) is 0 Å². The van der Waals surface area contributed by atoms with E-state index in [1.165, 1.54) is 66.1 Å². The number of fused-ring (bicyclic) bond motifs is 6. The van der Waals surface area contributed by atoms with Gasteiger partial charge in [0.1, 0.15) is 0 Å². The molecule has 0 fully saturated rings. The molecule has 0 radical (unpaired) electrons. The molecule has 0 N–H and O–H groups in total. The van der Waals surface area contributed by atoms with Crippen LogP contribution in [0.15, 0.2) is 219 Å². The molecule has 0 amide bonds. The maximum atomic E-state index is 5.38. The number of pyridine rings is 1. The van der Waals surface area contributed by atoms with E-state index in [0.29, 0.717) is 17.5 Å². The Hall–Kier alpha value is -9.26. The summed E-state index contributed by atoms with van der Waals surface area (Å²) < 4.78 is 4.80. The predicted molar refractivity (Wildman–Crippen MR) is 298 cm³/mol. The molecule has 0 aliphatic carbocycles. The summed E-state index contributed by atoms with van der Waals surface area (Å²) in [4.78, 5) is 20.9. The summed E-state index contributed by atoms with van der Waals surface area (Å²) in [6.07, 6.45) is 1.91. The highest BCUT2D eigenvalue weighted by molar-refractivity contribution is 6.12. The van der Waals surface area contributed by atoms with Gasteiger partial charge in [-0.05, 0) is 117 Å². The van der Waals surface area contributed by atoms with Gasteiger partial charge < -0.3 is 9.13 Å². The highest BCUT2D eigenvalue weighted by Crippen LogP contribution is 2.43. The molecule has 0 bridgehead atoms. The van der Waals surface area contributed by atoms with Crippen LogP contribution in [0.25, 0.3) is 123 Å². The molecule has 0 aliphatic rings. The van der Waals surface area contributed by atoms with E-state index in [2.05, 4.69) is 182 Å². The molecule has 6 nitrogen and oxygen atoms in total. The first-order valence-electron chi connectivity index (χ1n) is 24.5. The van der Waals surface area contributed by atoms with Crippen LogP contribution in [0.4, 0.5) is 0 Å². The Morgan fingerprint density at radius 2 is 0.722 bits per heavy atom. The van der Waals surface area contributed by atoms with E-state index in [4.69, 9.17) is 19.9 Å². The van der Waals surface area contributed by atoms with Gasteiger partial charge in [0.15, 0.2) is 17.5 Å². The zero-order chi connectivity index (χ0) is 48.5. The summed E-state index contributed by atoms with van der Waals surface area (Å²) >= 11 is 0. The summed E-state index contributed by atoms with van der Waals surface area (Å²) in [6.45, 7) is 8.68. The Bertz CT molecular complexity index is 4160. The van der Waals surface area contributed by atoms with Gasteiger partial charge in [-0.1, -0.05) is 168 Å². The van der Waals surface area contributed by atoms with Crippen molar-refractivity contribution in [3.63, 3.8) is 0 Å². The number of rotatable bonds is 8. The molecular weight excluding hydrogens is 877 g/mol. The van der Waals surface area contributed by atoms with Crippen LogP contribution in [0.1, 0.15) is 22.3 Å². The van der Waals surface area contributed by atoms with Crippen molar-refractivity contribution in [1.82, 2.24) is 29.1 Å². The monoisotopic (exact) mass is 924 g/mol. The summed E-state index contributed by atoms with van der Waals surface area (Å²) in [5.41, 5.74) is 20.6. The third-order valence-corrected chi connectivity index (χ3v) is 13.9. The van der Waals surface area contributed by atoms with Crippen molar-refractivity contribution >= 4 is 43.6 Å². The van der Waals surface area contributed by atoms with E-state index in [-0.39, 0.29) is 0 Å². The molecule has 13 rings (SSSR count). The van der Waals surface area contributed by atoms with Gasteiger partial charge in [-0.25, -0.2) is 15.0 Å². The van der Waals surface area contributed by atoms with Gasteiger partial charge in [0.05, 0.1) is 39.1 Å². The average Bonchev–Trinajstić information content (AvgIpc) is 3.92. The van der Waals surface area contributed by atoms with Gasteiger partial charge in [0.2, 0.25) is 0 Å². The molecule has 9 aromatic carbocycles. The molecule has 13 aromatic rings. The smallest absolute Gasteiger partial charge is 0.164 e. The molecular formula is C66H48N6. The van der Waals surface area contributed by atoms with Crippen LogP contribution in [0.2, 0.25) is 0 Å². The normalized spacial score (nSPS) is 11.6. The zero-order valence-corrected chi connectivity index (χ0v) is 40.5. The van der Waals surface area contributed by atoms with Crippen molar-refractivity contribution in [1.29, 1.82) is 0 Å². The minimum absolute atomic E-state index is 0.573. The molecule has 0 unspecified atom stereocenters. The molecule has 0 atom stereocenters. The molecule has 0 saturated carbocycles. The van der Waals surface area contributed by atoms with Gasteiger partial charge >= 0.3 is 0 Å². The highest BCUT2D eigenvalue weighted by Gasteiger charge is 2.24. The number of aromatic nitrogens is 6. The van der Waals surface area contributed by atoms with Crippen molar-refractivity contribution in [2.45, 2.75) is 27.7 Å². The van der Waals surface area contributed by atoms with Crippen molar-refractivity contribution in [3.05, 3.63) is 241 Å². The lowest BCUT2D eigenvalue weighted by Gasteiger charge is -2.19. The number of hydrogen-bond acceptors (Lipinski definition) is 4. The number of para-hydroxylation sites is 2. The van der Waals surface area contributed by atoms with E-state index in [1.54, 1.807) is 0 Å². The number of aryl methyl sites for hydroxylation is 4. The molecule has 6 heteroatoms. The summed E-state index contributed by atoms with van der Waals surface area (Å²) in [5, 5.41) is 4.71. The SMILES string of the molecule is Cc1cc(C)cc(-c2ccc3c(c2)c2ccccc2n3-c2ccc(-c3nc(-c4ccccc4)nc(-c4ccccc4)n3)cc2-c2ncccc2-n2c3ccccc3c3cc(-c4cc(C)cc(C)c4)ccc32)c1. The summed E-state index contributed by atoms with van der Waals surface area (Å²) in [5.74, 6) is 1.79. The van der Waals surface area contributed by atoms with Crippen LogP contribution in [-0.2, 0) is 0 Å². The lowest BCUT2D eigenvalue weighted by molar-refractivity contribution is 1.07. The van der Waals surface area contributed by atoms with Crippen molar-refractivity contribution < 1.29 is 0 Å². The molecule has 72 heavy (non-hydrogen) atoms. The Morgan fingerprint density at radius 3 is 1.24 bits per heavy atom. The van der Waals surface area contributed by atoms with Gasteiger partial charge in [0, 0.05) is 50.0 Å². The topological polar surface area (TPSA) is 61.4 Å². The Kier molecular flexibility index (Phi) is 10.3. The van der Waals surface area contributed by atoms with Crippen molar-refractivity contribution in [3.8, 4) is 79.0 Å². The second kappa shape index (κ2) is 17.3. The Morgan fingerprint density at radius 1 is 0.292 bits per heavy atom. The molecule has 0 saturated heterocycles. The first-order chi connectivity index (χ1) is 35.3. The largest absolute Gasteiger partial charge is 0.309 e. The maximum absolute atomic E-state index is 5.38. The van der Waals surface area contributed by atoms with E-state index >= 15 is 0 Å². The lowest BCUT2D eigenvalue weighted by Crippen LogP contribution is -2.04. The summed E-state index contributed by atoms with van der Waals surface area (Å²) in [6, 6.07) is 76.0. The zero-order valence-electron chi connectivity index (χ0n) is 40.5. The summed E-state index contributed by atoms with van der Waals surface area (Å²) in [7, 11) is 0. The quantitative estimate of drug-likeness (QED) is 0.152. The van der Waals surface area contributed by atoms with Gasteiger partial charge in [-0.15, -0.1) is 0 Å². The Labute approximate surface area is 418 Å². The fourth-order valence-electron chi connectivity index (χ4n) is 10.9. The third kappa shape index (κ3) is 7.44. The Balaban J connectivity index is 1.08. The maximum Gasteiger partial charge on any atom is 0.164 e. The van der Waals surface area contributed by atoms with Crippen LogP contribution in [0.5, 0.6) is 0 Å². The molecule has 0 spiro atoms. The van der Waals surface area contributed by atoms with Gasteiger partial charge in [0.25, 0.3) is 0 Å². The first kappa shape index (κ1) is 42.8. The minimum Gasteiger partial charge on any atom is -0.309 e. The second-order valence-corrected chi connectivity index (χ2v) is 19.1. The third-order valence-electron chi connectivity index (χ3n) is 13.9. The van der Waals surface area contributed by atoms with Crippen LogP contribution in [-0.4, -0.2) is 29.1 Å². The average molecular weight is 925 g/mol. The van der Waals surface area contributed by atoms with Crippen LogP contribution in [0.3, 0.4) is 0 Å². The first-order valence-corrected chi connectivity index (χ1v) is 24.5.